The van der Waals surface area contributed by atoms with Crippen LogP contribution in [0.1, 0.15) is 63.6 Å². The summed E-state index contributed by atoms with van der Waals surface area (Å²) in [5.41, 5.74) is 2.71. The van der Waals surface area contributed by atoms with Crippen LogP contribution in [-0.2, 0) is 11.2 Å². The number of hydrazine groups is 1. The van der Waals surface area contributed by atoms with Crippen molar-refractivity contribution in [2.24, 2.45) is 5.41 Å². The molecule has 1 heterocycles. The Hall–Kier alpha value is -2.08. The van der Waals surface area contributed by atoms with E-state index in [1.807, 2.05) is 24.3 Å². The number of alkyl halides is 3. The number of carbonyl (C=O) groups excluding carboxylic acids is 1. The van der Waals surface area contributed by atoms with Crippen LogP contribution in [0.25, 0.3) is 10.8 Å². The molecule has 1 N–H and O–H groups in total. The number of nitrogens with zero attached hydrogens (tertiary/aromatic N) is 1. The highest BCUT2D eigenvalue weighted by Crippen LogP contribution is 2.42. The molecular weight excluding hydrogens is 377 g/mol. The second-order valence-corrected chi connectivity index (χ2v) is 8.61. The van der Waals surface area contributed by atoms with Gasteiger partial charge in [0.2, 0.25) is 5.91 Å². The molecule has 0 aliphatic carbocycles. The molecule has 1 fully saturated rings. The molecule has 158 valence electrons. The molecule has 1 saturated heterocycles. The van der Waals surface area contributed by atoms with Gasteiger partial charge >= 0.3 is 6.18 Å². The number of rotatable bonds is 7. The van der Waals surface area contributed by atoms with Gasteiger partial charge in [-0.15, -0.1) is 0 Å². The summed E-state index contributed by atoms with van der Waals surface area (Å²) in [6, 6.07) is 9.02. The fraction of sp³-hybridized carbons (Fsp3) is 0.522. The topological polar surface area (TPSA) is 32.3 Å². The Labute approximate surface area is 170 Å². The minimum Gasteiger partial charge on any atom is -0.287 e. The van der Waals surface area contributed by atoms with E-state index in [1.165, 1.54) is 0 Å². The molecule has 0 spiro atoms. The van der Waals surface area contributed by atoms with E-state index in [2.05, 4.69) is 12.3 Å². The lowest BCUT2D eigenvalue weighted by atomic mass is 9.92. The van der Waals surface area contributed by atoms with Gasteiger partial charge in [-0.2, -0.15) is 13.2 Å². The zero-order chi connectivity index (χ0) is 21.2. The number of hydrogen-bond donors (Lipinski definition) is 1. The lowest BCUT2D eigenvalue weighted by Crippen LogP contribution is -2.43. The largest absolute Gasteiger partial charge is 0.409 e. The van der Waals surface area contributed by atoms with Crippen LogP contribution in [0.5, 0.6) is 0 Å². The molecule has 0 bridgehead atoms. The number of benzene rings is 2. The summed E-state index contributed by atoms with van der Waals surface area (Å²) >= 11 is 0. The molecule has 0 aromatic heterocycles. The van der Waals surface area contributed by atoms with E-state index in [0.29, 0.717) is 0 Å². The molecule has 1 aliphatic heterocycles. The summed E-state index contributed by atoms with van der Waals surface area (Å²) in [7, 11) is 0. The van der Waals surface area contributed by atoms with Crippen molar-refractivity contribution < 1.29 is 18.0 Å². The summed E-state index contributed by atoms with van der Waals surface area (Å²) in [4.78, 5) is 12.1. The Morgan fingerprint density at radius 1 is 1.14 bits per heavy atom. The molecule has 1 aliphatic rings. The molecule has 3 rings (SSSR count). The molecule has 2 aromatic carbocycles. The standard InChI is InChI=1S/C23H29F3N2O/c1-4-5-6-7-10-16-13-18(14-17-11-8-9-12-19(16)17)20(23(24,25)26)28-15-22(2,3)21(29)27-28/h8-9,11-14,20H,4-7,10,15H2,1-3H3,(H,27,29)/t20-/m0/s1. The molecule has 0 unspecified atom stereocenters. The van der Waals surface area contributed by atoms with E-state index in [9.17, 15) is 18.0 Å². The van der Waals surface area contributed by atoms with E-state index in [4.69, 9.17) is 0 Å². The number of fused-ring (bicyclic) bond motifs is 1. The molecule has 3 nitrogen and oxygen atoms in total. The molecule has 1 atom stereocenters. The smallest absolute Gasteiger partial charge is 0.287 e. The Kier molecular flexibility index (Phi) is 6.22. The van der Waals surface area contributed by atoms with E-state index in [1.54, 1.807) is 26.0 Å². The van der Waals surface area contributed by atoms with E-state index in [0.717, 1.165) is 53.4 Å². The van der Waals surface area contributed by atoms with Crippen molar-refractivity contribution in [1.29, 1.82) is 0 Å². The van der Waals surface area contributed by atoms with Gasteiger partial charge in [0.25, 0.3) is 0 Å². The fourth-order valence-electron chi connectivity index (χ4n) is 4.04. The number of hydrogen-bond acceptors (Lipinski definition) is 2. The van der Waals surface area contributed by atoms with Crippen LogP contribution in [0.3, 0.4) is 0 Å². The van der Waals surface area contributed by atoms with E-state index < -0.39 is 17.6 Å². The van der Waals surface area contributed by atoms with Gasteiger partial charge in [0.15, 0.2) is 0 Å². The minimum atomic E-state index is -4.50. The Morgan fingerprint density at radius 2 is 1.86 bits per heavy atom. The molecule has 0 radical (unpaired) electrons. The maximum atomic E-state index is 14.1. The second-order valence-electron chi connectivity index (χ2n) is 8.61. The number of unbranched alkanes of at least 4 members (excludes halogenated alkanes) is 3. The molecule has 0 saturated carbocycles. The summed E-state index contributed by atoms with van der Waals surface area (Å²) in [6.45, 7) is 5.47. The average Bonchev–Trinajstić information content (AvgIpc) is 2.89. The highest BCUT2D eigenvalue weighted by molar-refractivity contribution is 5.87. The highest BCUT2D eigenvalue weighted by Gasteiger charge is 2.51. The number of carbonyl (C=O) groups is 1. The van der Waals surface area contributed by atoms with E-state index >= 15 is 0 Å². The molecular formula is C23H29F3N2O. The first-order valence-corrected chi connectivity index (χ1v) is 10.3. The van der Waals surface area contributed by atoms with Gasteiger partial charge in [-0.3, -0.25) is 10.2 Å². The van der Waals surface area contributed by atoms with Crippen LogP contribution >= 0.6 is 0 Å². The first kappa shape index (κ1) is 21.6. The minimum absolute atomic E-state index is 0.00860. The van der Waals surface area contributed by atoms with Crippen molar-refractivity contribution >= 4 is 16.7 Å². The zero-order valence-electron chi connectivity index (χ0n) is 17.3. The maximum absolute atomic E-state index is 14.1. The Balaban J connectivity index is 2.02. The van der Waals surface area contributed by atoms with Crippen LogP contribution < -0.4 is 5.43 Å². The first-order chi connectivity index (χ1) is 13.6. The Bertz CT molecular complexity index is 876. The van der Waals surface area contributed by atoms with Crippen LogP contribution in [0, 0.1) is 5.41 Å². The van der Waals surface area contributed by atoms with Crippen LogP contribution in [0.2, 0.25) is 0 Å². The molecule has 2 aromatic rings. The van der Waals surface area contributed by atoms with Gasteiger partial charge in [0.05, 0.1) is 5.41 Å². The van der Waals surface area contributed by atoms with Gasteiger partial charge < -0.3 is 0 Å². The van der Waals surface area contributed by atoms with Crippen LogP contribution in [-0.4, -0.2) is 23.6 Å². The highest BCUT2D eigenvalue weighted by atomic mass is 19.4. The second kappa shape index (κ2) is 8.34. The number of aryl methyl sites for hydroxylation is 1. The normalized spacial score (nSPS) is 18.2. The van der Waals surface area contributed by atoms with Gasteiger partial charge in [-0.05, 0) is 54.7 Å². The quantitative estimate of drug-likeness (QED) is 0.577. The molecule has 1 amide bonds. The third kappa shape index (κ3) is 4.74. The monoisotopic (exact) mass is 406 g/mol. The number of halogens is 3. The molecule has 29 heavy (non-hydrogen) atoms. The number of amides is 1. The SMILES string of the molecule is CCCCCCc1cc([C@H](N2CC(C)(C)C(=O)N2)C(F)(F)F)cc2ccccc12. The lowest BCUT2D eigenvalue weighted by molar-refractivity contribution is -0.191. The van der Waals surface area contributed by atoms with Crippen molar-refractivity contribution in [2.75, 3.05) is 6.54 Å². The average molecular weight is 406 g/mol. The third-order valence-corrected chi connectivity index (χ3v) is 5.63. The number of nitrogens with one attached hydrogen (secondary N) is 1. The predicted octanol–water partition coefficient (Wildman–Crippen LogP) is 5.94. The summed E-state index contributed by atoms with van der Waals surface area (Å²) < 4.78 is 42.4. The van der Waals surface area contributed by atoms with Crippen LogP contribution in [0.4, 0.5) is 13.2 Å². The van der Waals surface area contributed by atoms with E-state index in [-0.39, 0.29) is 18.0 Å². The Morgan fingerprint density at radius 3 is 2.48 bits per heavy atom. The lowest BCUT2D eigenvalue weighted by Gasteiger charge is -2.30. The summed E-state index contributed by atoms with van der Waals surface area (Å²) in [5, 5.41) is 2.85. The fourth-order valence-corrected chi connectivity index (χ4v) is 4.04. The van der Waals surface area contributed by atoms with Crippen molar-refractivity contribution in [3.05, 3.63) is 47.5 Å². The van der Waals surface area contributed by atoms with Crippen molar-refractivity contribution in [3.8, 4) is 0 Å². The van der Waals surface area contributed by atoms with Gasteiger partial charge in [0.1, 0.15) is 6.04 Å². The summed E-state index contributed by atoms with van der Waals surface area (Å²) in [6.07, 6.45) is 0.491. The van der Waals surface area contributed by atoms with Crippen LogP contribution in [0.15, 0.2) is 36.4 Å². The summed E-state index contributed by atoms with van der Waals surface area (Å²) in [5.74, 6) is -0.382. The zero-order valence-corrected chi connectivity index (χ0v) is 17.3. The third-order valence-electron chi connectivity index (χ3n) is 5.63. The van der Waals surface area contributed by atoms with Gasteiger partial charge in [-0.1, -0.05) is 56.5 Å². The maximum Gasteiger partial charge on any atom is 0.409 e. The predicted molar refractivity (Wildman–Crippen MR) is 109 cm³/mol. The van der Waals surface area contributed by atoms with Crippen molar-refractivity contribution in [3.63, 3.8) is 0 Å². The van der Waals surface area contributed by atoms with Crippen molar-refractivity contribution in [2.45, 2.75) is 65.1 Å². The van der Waals surface area contributed by atoms with Gasteiger partial charge in [0, 0.05) is 6.54 Å². The first-order valence-electron chi connectivity index (χ1n) is 10.3. The van der Waals surface area contributed by atoms with Crippen molar-refractivity contribution in [1.82, 2.24) is 10.4 Å². The molecule has 6 heteroatoms. The van der Waals surface area contributed by atoms with Gasteiger partial charge in [-0.25, -0.2) is 5.01 Å².